The van der Waals surface area contributed by atoms with Crippen LogP contribution in [0.5, 0.6) is 5.75 Å². The second-order valence-electron chi connectivity index (χ2n) is 4.02. The number of phosphoric ester groups is 1. The van der Waals surface area contributed by atoms with Crippen LogP contribution in [0.15, 0.2) is 24.4 Å². The zero-order chi connectivity index (χ0) is 13.2. The Kier molecular flexibility index (Phi) is 3.73. The molecule has 2 rings (SSSR count). The summed E-state index contributed by atoms with van der Waals surface area (Å²) in [5.41, 5.74) is 1.80. The van der Waals surface area contributed by atoms with E-state index in [2.05, 4.69) is 4.98 Å². The number of hydrogen-bond acceptors (Lipinski definition) is 2. The average Bonchev–Trinajstić information content (AvgIpc) is 2.68. The third-order valence-corrected chi connectivity index (χ3v) is 3.10. The molecule has 98 valence electrons. The third kappa shape index (κ3) is 2.91. The number of hydrogen-bond donors (Lipinski definition) is 4. The van der Waals surface area contributed by atoms with Crippen LogP contribution >= 0.6 is 7.82 Å². The largest absolute Gasteiger partial charge is 0.524 e. The summed E-state index contributed by atoms with van der Waals surface area (Å²) in [6.45, 7) is 0.900. The first kappa shape index (κ1) is 13.1. The Morgan fingerprint density at radius 1 is 1.44 bits per heavy atom. The highest BCUT2D eigenvalue weighted by atomic mass is 31.2. The van der Waals surface area contributed by atoms with Crippen molar-refractivity contribution in [3.05, 3.63) is 30.0 Å². The van der Waals surface area contributed by atoms with E-state index in [1.165, 1.54) is 0 Å². The quantitative estimate of drug-likeness (QED) is 0.590. The molecule has 0 fully saturated rings. The van der Waals surface area contributed by atoms with Gasteiger partial charge in [0.2, 0.25) is 0 Å². The minimum atomic E-state index is -4.54. The number of aromatic nitrogens is 1. The van der Waals surface area contributed by atoms with Gasteiger partial charge >= 0.3 is 7.82 Å². The predicted molar refractivity (Wildman–Crippen MR) is 67.4 cm³/mol. The number of rotatable bonds is 5. The maximum absolute atomic E-state index is 10.9. The Hall–Kier alpha value is -1.33. The molecule has 1 aromatic carbocycles. The van der Waals surface area contributed by atoms with Gasteiger partial charge in [-0.15, -0.1) is 0 Å². The number of H-pyrrole nitrogens is 1. The summed E-state index contributed by atoms with van der Waals surface area (Å²) >= 11 is 0. The van der Waals surface area contributed by atoms with Crippen LogP contribution in [-0.4, -0.2) is 28.4 Å². The van der Waals surface area contributed by atoms with Crippen LogP contribution in [0.1, 0.15) is 5.56 Å². The number of aromatic amines is 1. The third-order valence-electron chi connectivity index (χ3n) is 2.67. The van der Waals surface area contributed by atoms with E-state index in [1.54, 1.807) is 12.1 Å². The van der Waals surface area contributed by atoms with Crippen molar-refractivity contribution in [3.63, 3.8) is 0 Å². The van der Waals surface area contributed by atoms with Gasteiger partial charge in [0.1, 0.15) is 5.75 Å². The molecule has 0 aliphatic carbocycles. The highest BCUT2D eigenvalue weighted by molar-refractivity contribution is 7.46. The number of quaternary nitrogens is 1. The minimum Gasteiger partial charge on any atom is -0.404 e. The standard InChI is InChI=1S/C11H15N2O4P/c1-12-6-5-8-7-13-9-3-2-4-10(11(8)9)17-18(14,15)16/h2-4,7,12-13H,5-6H2,1H3,(H2,14,15,16)/p+1. The molecule has 18 heavy (non-hydrogen) atoms. The number of nitrogens with two attached hydrogens (primary N) is 1. The molecule has 0 aliphatic heterocycles. The Balaban J connectivity index is 2.45. The van der Waals surface area contributed by atoms with Gasteiger partial charge in [0.05, 0.1) is 13.6 Å². The van der Waals surface area contributed by atoms with Gasteiger partial charge in [0.25, 0.3) is 0 Å². The Morgan fingerprint density at radius 2 is 2.22 bits per heavy atom. The molecular weight excluding hydrogens is 255 g/mol. The first-order chi connectivity index (χ1) is 8.51. The summed E-state index contributed by atoms with van der Waals surface area (Å²) in [6.07, 6.45) is 2.65. The van der Waals surface area contributed by atoms with Crippen molar-refractivity contribution in [1.29, 1.82) is 0 Å². The maximum Gasteiger partial charge on any atom is 0.524 e. The van der Waals surface area contributed by atoms with Gasteiger partial charge in [-0.3, -0.25) is 9.79 Å². The van der Waals surface area contributed by atoms with E-state index in [0.29, 0.717) is 0 Å². The van der Waals surface area contributed by atoms with Crippen molar-refractivity contribution in [2.24, 2.45) is 0 Å². The van der Waals surface area contributed by atoms with E-state index in [-0.39, 0.29) is 5.75 Å². The van der Waals surface area contributed by atoms with Gasteiger partial charge in [0.15, 0.2) is 0 Å². The molecular formula is C11H16N2O4P+. The number of nitrogens with one attached hydrogen (secondary N) is 1. The first-order valence-electron chi connectivity index (χ1n) is 5.63. The second kappa shape index (κ2) is 5.12. The number of fused-ring (bicyclic) bond motifs is 1. The molecule has 1 heterocycles. The van der Waals surface area contributed by atoms with Gasteiger partial charge in [0, 0.05) is 23.5 Å². The summed E-state index contributed by atoms with van der Waals surface area (Å²) in [5, 5.41) is 2.79. The molecule has 1 aromatic heterocycles. The van der Waals surface area contributed by atoms with Gasteiger partial charge < -0.3 is 14.8 Å². The van der Waals surface area contributed by atoms with Crippen LogP contribution in [0.3, 0.4) is 0 Å². The Labute approximate surface area is 104 Å². The van der Waals surface area contributed by atoms with Gasteiger partial charge in [-0.25, -0.2) is 4.57 Å². The molecule has 0 radical (unpaired) electrons. The highest BCUT2D eigenvalue weighted by Gasteiger charge is 2.19. The van der Waals surface area contributed by atoms with E-state index in [4.69, 9.17) is 14.3 Å². The van der Waals surface area contributed by atoms with Crippen LogP contribution < -0.4 is 9.84 Å². The minimum absolute atomic E-state index is 0.216. The summed E-state index contributed by atoms with van der Waals surface area (Å²) in [5.74, 6) is 0.216. The topological polar surface area (TPSA) is 99.2 Å². The first-order valence-corrected chi connectivity index (χ1v) is 7.16. The summed E-state index contributed by atoms with van der Waals surface area (Å²) < 4.78 is 15.7. The maximum atomic E-state index is 10.9. The Bertz CT molecular complexity index is 590. The molecule has 7 heteroatoms. The monoisotopic (exact) mass is 271 g/mol. The average molecular weight is 271 g/mol. The molecule has 0 atom stereocenters. The molecule has 0 aliphatic rings. The zero-order valence-corrected chi connectivity index (χ0v) is 10.9. The number of benzene rings is 1. The SMILES string of the molecule is C[NH2+]CCc1c[nH]c2cccc(OP(=O)(O)O)c12. The van der Waals surface area contributed by atoms with Crippen molar-refractivity contribution in [1.82, 2.24) is 4.98 Å². The Morgan fingerprint density at radius 3 is 2.89 bits per heavy atom. The van der Waals surface area contributed by atoms with Crippen LogP contribution in [0.2, 0.25) is 0 Å². The fraction of sp³-hybridized carbons (Fsp3) is 0.273. The predicted octanol–water partition coefficient (Wildman–Crippen LogP) is 0.375. The molecule has 0 amide bonds. The van der Waals surface area contributed by atoms with Crippen molar-refractivity contribution in [2.75, 3.05) is 13.6 Å². The van der Waals surface area contributed by atoms with Crippen molar-refractivity contribution in [3.8, 4) is 5.75 Å². The lowest BCUT2D eigenvalue weighted by atomic mass is 10.1. The lowest BCUT2D eigenvalue weighted by Crippen LogP contribution is -2.80. The van der Waals surface area contributed by atoms with E-state index < -0.39 is 7.82 Å². The van der Waals surface area contributed by atoms with Crippen molar-refractivity contribution in [2.45, 2.75) is 6.42 Å². The van der Waals surface area contributed by atoms with E-state index >= 15 is 0 Å². The van der Waals surface area contributed by atoms with E-state index in [0.717, 1.165) is 29.4 Å². The van der Waals surface area contributed by atoms with Gasteiger partial charge in [-0.05, 0) is 17.7 Å². The van der Waals surface area contributed by atoms with Crippen molar-refractivity contribution < 1.29 is 24.2 Å². The molecule has 0 bridgehead atoms. The van der Waals surface area contributed by atoms with E-state index in [9.17, 15) is 4.57 Å². The summed E-state index contributed by atoms with van der Waals surface area (Å²) in [4.78, 5) is 20.9. The number of phosphoric acid groups is 1. The molecule has 0 spiro atoms. The van der Waals surface area contributed by atoms with Crippen LogP contribution in [0.4, 0.5) is 0 Å². The second-order valence-corrected chi connectivity index (χ2v) is 5.19. The fourth-order valence-electron chi connectivity index (χ4n) is 1.92. The normalized spacial score (nSPS) is 11.9. The van der Waals surface area contributed by atoms with Crippen molar-refractivity contribution >= 4 is 18.7 Å². The fourth-order valence-corrected chi connectivity index (χ4v) is 2.33. The van der Waals surface area contributed by atoms with Crippen LogP contribution in [-0.2, 0) is 11.0 Å². The van der Waals surface area contributed by atoms with Crippen LogP contribution in [0, 0.1) is 0 Å². The molecule has 5 N–H and O–H groups in total. The molecule has 0 saturated carbocycles. The molecule has 0 saturated heterocycles. The van der Waals surface area contributed by atoms with Crippen LogP contribution in [0.25, 0.3) is 10.9 Å². The van der Waals surface area contributed by atoms with E-state index in [1.807, 2.05) is 24.6 Å². The lowest BCUT2D eigenvalue weighted by Gasteiger charge is -2.09. The number of likely N-dealkylation sites (N-methyl/N-ethyl adjacent to an activating group) is 1. The summed E-state index contributed by atoms with van der Waals surface area (Å²) in [7, 11) is -2.56. The summed E-state index contributed by atoms with van der Waals surface area (Å²) in [6, 6.07) is 5.11. The van der Waals surface area contributed by atoms with Gasteiger partial charge in [-0.2, -0.15) is 0 Å². The zero-order valence-electron chi connectivity index (χ0n) is 9.96. The van der Waals surface area contributed by atoms with Gasteiger partial charge in [-0.1, -0.05) is 6.07 Å². The molecule has 2 aromatic rings. The molecule has 0 unspecified atom stereocenters. The highest BCUT2D eigenvalue weighted by Crippen LogP contribution is 2.41. The smallest absolute Gasteiger partial charge is 0.404 e. The lowest BCUT2D eigenvalue weighted by molar-refractivity contribution is -0.626. The molecule has 6 nitrogen and oxygen atoms in total.